The Labute approximate surface area is 107 Å². The molecule has 0 aromatic rings. The fourth-order valence-electron chi connectivity index (χ4n) is 3.11. The number of rotatable bonds is 7. The maximum atomic E-state index is 6.07. The Morgan fingerprint density at radius 2 is 1.94 bits per heavy atom. The van der Waals surface area contributed by atoms with E-state index in [2.05, 4.69) is 37.9 Å². The third kappa shape index (κ3) is 3.94. The van der Waals surface area contributed by atoms with Gasteiger partial charge in [-0.2, -0.15) is 0 Å². The van der Waals surface area contributed by atoms with Crippen LogP contribution in [-0.4, -0.2) is 56.1 Å². The molecule has 0 aliphatic heterocycles. The summed E-state index contributed by atoms with van der Waals surface area (Å²) in [5.41, 5.74) is 6.36. The lowest BCUT2D eigenvalue weighted by Crippen LogP contribution is -2.50. The minimum absolute atomic E-state index is 0.299. The summed E-state index contributed by atoms with van der Waals surface area (Å²) in [6.07, 6.45) is 6.51. The van der Waals surface area contributed by atoms with E-state index >= 15 is 0 Å². The Morgan fingerprint density at radius 1 is 1.24 bits per heavy atom. The van der Waals surface area contributed by atoms with Gasteiger partial charge in [0, 0.05) is 12.1 Å². The summed E-state index contributed by atoms with van der Waals surface area (Å²) in [5.74, 6) is 0.898. The molecule has 2 atom stereocenters. The van der Waals surface area contributed by atoms with Crippen LogP contribution in [0, 0.1) is 5.92 Å². The molecule has 102 valence electrons. The standard InChI is InChI=1S/C14H31N3/c1-5-13-7-8-14(11-13,12-15)17(4)10-6-9-16(2)3/h13H,5-12,15H2,1-4H3. The predicted octanol–water partition coefficient (Wildman–Crippen LogP) is 1.78. The first kappa shape index (κ1) is 14.9. The van der Waals surface area contributed by atoms with Crippen molar-refractivity contribution in [2.45, 2.75) is 44.6 Å². The van der Waals surface area contributed by atoms with Crippen molar-refractivity contribution >= 4 is 0 Å². The molecule has 1 aliphatic rings. The highest BCUT2D eigenvalue weighted by molar-refractivity contribution is 4.97. The van der Waals surface area contributed by atoms with Crippen LogP contribution in [0.3, 0.4) is 0 Å². The second-order valence-electron chi connectivity index (χ2n) is 6.02. The molecule has 0 amide bonds. The normalized spacial score (nSPS) is 29.5. The molecule has 1 saturated carbocycles. The van der Waals surface area contributed by atoms with Gasteiger partial charge in [-0.25, -0.2) is 0 Å². The predicted molar refractivity (Wildman–Crippen MR) is 75.2 cm³/mol. The molecule has 1 rings (SSSR count). The lowest BCUT2D eigenvalue weighted by molar-refractivity contribution is 0.122. The molecule has 0 saturated heterocycles. The van der Waals surface area contributed by atoms with Gasteiger partial charge in [0.15, 0.2) is 0 Å². The zero-order valence-corrected chi connectivity index (χ0v) is 12.2. The molecule has 0 heterocycles. The summed E-state index contributed by atoms with van der Waals surface area (Å²) in [6.45, 7) is 5.47. The molecule has 3 heteroatoms. The highest BCUT2D eigenvalue weighted by atomic mass is 15.2. The number of likely N-dealkylation sites (N-methyl/N-ethyl adjacent to an activating group) is 1. The van der Waals surface area contributed by atoms with Gasteiger partial charge in [0.25, 0.3) is 0 Å². The first-order valence-electron chi connectivity index (χ1n) is 7.10. The van der Waals surface area contributed by atoms with E-state index in [9.17, 15) is 0 Å². The van der Waals surface area contributed by atoms with Crippen LogP contribution in [0.15, 0.2) is 0 Å². The Hall–Kier alpha value is -0.120. The summed E-state index contributed by atoms with van der Waals surface area (Å²) in [5, 5.41) is 0. The van der Waals surface area contributed by atoms with E-state index in [1.165, 1.54) is 45.2 Å². The van der Waals surface area contributed by atoms with E-state index in [-0.39, 0.29) is 0 Å². The first-order chi connectivity index (χ1) is 8.04. The molecule has 17 heavy (non-hydrogen) atoms. The Balaban J connectivity index is 2.44. The Bertz CT molecular complexity index is 218. The van der Waals surface area contributed by atoms with Gasteiger partial charge in [-0.05, 0) is 65.8 Å². The highest BCUT2D eigenvalue weighted by Crippen LogP contribution is 2.39. The van der Waals surface area contributed by atoms with E-state index in [1.807, 2.05) is 0 Å². The minimum atomic E-state index is 0.299. The Morgan fingerprint density at radius 3 is 2.41 bits per heavy atom. The Kier molecular flexibility index (Phi) is 5.90. The van der Waals surface area contributed by atoms with Gasteiger partial charge in [-0.3, -0.25) is 4.90 Å². The average Bonchev–Trinajstić information content (AvgIpc) is 2.73. The molecule has 0 aromatic carbocycles. The monoisotopic (exact) mass is 241 g/mol. The number of nitrogens with two attached hydrogens (primary N) is 1. The maximum absolute atomic E-state index is 6.07. The minimum Gasteiger partial charge on any atom is -0.329 e. The van der Waals surface area contributed by atoms with Crippen LogP contribution >= 0.6 is 0 Å². The fraction of sp³-hybridized carbons (Fsp3) is 1.00. The maximum Gasteiger partial charge on any atom is 0.0331 e. The second kappa shape index (κ2) is 6.72. The molecule has 1 aliphatic carbocycles. The van der Waals surface area contributed by atoms with Gasteiger partial charge in [-0.1, -0.05) is 13.3 Å². The van der Waals surface area contributed by atoms with Crippen LogP contribution in [0.1, 0.15) is 39.0 Å². The summed E-state index contributed by atoms with van der Waals surface area (Å²) in [7, 11) is 6.54. The van der Waals surface area contributed by atoms with Gasteiger partial charge in [-0.15, -0.1) is 0 Å². The number of hydrogen-bond acceptors (Lipinski definition) is 3. The zero-order valence-electron chi connectivity index (χ0n) is 12.2. The van der Waals surface area contributed by atoms with Crippen molar-refractivity contribution in [2.75, 3.05) is 40.8 Å². The molecule has 1 fully saturated rings. The van der Waals surface area contributed by atoms with Crippen LogP contribution in [0.2, 0.25) is 0 Å². The molecule has 3 nitrogen and oxygen atoms in total. The quantitative estimate of drug-likeness (QED) is 0.737. The third-order valence-corrected chi connectivity index (χ3v) is 4.55. The molecular formula is C14H31N3. The first-order valence-corrected chi connectivity index (χ1v) is 7.10. The number of hydrogen-bond donors (Lipinski definition) is 1. The average molecular weight is 241 g/mol. The summed E-state index contributed by atoms with van der Waals surface area (Å²) in [6, 6.07) is 0. The summed E-state index contributed by atoms with van der Waals surface area (Å²) >= 11 is 0. The topological polar surface area (TPSA) is 32.5 Å². The summed E-state index contributed by atoms with van der Waals surface area (Å²) in [4.78, 5) is 4.79. The summed E-state index contributed by atoms with van der Waals surface area (Å²) < 4.78 is 0. The second-order valence-corrected chi connectivity index (χ2v) is 6.02. The van der Waals surface area contributed by atoms with E-state index in [0.717, 1.165) is 12.5 Å². The van der Waals surface area contributed by atoms with E-state index < -0.39 is 0 Å². The largest absolute Gasteiger partial charge is 0.329 e. The van der Waals surface area contributed by atoms with Crippen LogP contribution in [0.5, 0.6) is 0 Å². The highest BCUT2D eigenvalue weighted by Gasteiger charge is 2.40. The van der Waals surface area contributed by atoms with Gasteiger partial charge in [0.2, 0.25) is 0 Å². The van der Waals surface area contributed by atoms with Gasteiger partial charge >= 0.3 is 0 Å². The fourth-order valence-corrected chi connectivity index (χ4v) is 3.11. The number of nitrogens with zero attached hydrogens (tertiary/aromatic N) is 2. The van der Waals surface area contributed by atoms with Gasteiger partial charge < -0.3 is 10.6 Å². The molecule has 0 radical (unpaired) electrons. The van der Waals surface area contributed by atoms with Crippen molar-refractivity contribution in [3.05, 3.63) is 0 Å². The van der Waals surface area contributed by atoms with Crippen molar-refractivity contribution in [1.82, 2.24) is 9.80 Å². The zero-order chi connectivity index (χ0) is 12.9. The van der Waals surface area contributed by atoms with Crippen LogP contribution in [0.4, 0.5) is 0 Å². The van der Waals surface area contributed by atoms with Gasteiger partial charge in [0.1, 0.15) is 0 Å². The molecule has 0 spiro atoms. The van der Waals surface area contributed by atoms with Gasteiger partial charge in [0.05, 0.1) is 0 Å². The third-order valence-electron chi connectivity index (χ3n) is 4.55. The van der Waals surface area contributed by atoms with Crippen molar-refractivity contribution in [1.29, 1.82) is 0 Å². The SMILES string of the molecule is CCC1CCC(CN)(N(C)CCCN(C)C)C1. The van der Waals surface area contributed by atoms with Crippen LogP contribution in [0.25, 0.3) is 0 Å². The van der Waals surface area contributed by atoms with E-state index in [1.54, 1.807) is 0 Å². The van der Waals surface area contributed by atoms with E-state index in [0.29, 0.717) is 5.54 Å². The smallest absolute Gasteiger partial charge is 0.0331 e. The van der Waals surface area contributed by atoms with Crippen molar-refractivity contribution in [2.24, 2.45) is 11.7 Å². The molecular weight excluding hydrogens is 210 g/mol. The van der Waals surface area contributed by atoms with Crippen LogP contribution in [-0.2, 0) is 0 Å². The molecule has 2 N–H and O–H groups in total. The van der Waals surface area contributed by atoms with Crippen molar-refractivity contribution in [3.8, 4) is 0 Å². The lowest BCUT2D eigenvalue weighted by Gasteiger charge is -2.38. The van der Waals surface area contributed by atoms with Crippen LogP contribution < -0.4 is 5.73 Å². The lowest BCUT2D eigenvalue weighted by atomic mass is 9.93. The van der Waals surface area contributed by atoms with E-state index in [4.69, 9.17) is 5.73 Å². The molecule has 0 bridgehead atoms. The van der Waals surface area contributed by atoms with Crippen molar-refractivity contribution < 1.29 is 0 Å². The molecule has 0 aromatic heterocycles. The molecule has 2 unspecified atom stereocenters. The van der Waals surface area contributed by atoms with Crippen molar-refractivity contribution in [3.63, 3.8) is 0 Å².